The van der Waals surface area contributed by atoms with Crippen LogP contribution in [-0.2, 0) is 11.2 Å². The summed E-state index contributed by atoms with van der Waals surface area (Å²) in [5, 5.41) is 2.70. The van der Waals surface area contributed by atoms with Crippen molar-refractivity contribution in [2.24, 2.45) is 5.92 Å². The first-order valence-corrected chi connectivity index (χ1v) is 12.8. The number of furan rings is 1. The molecule has 0 N–H and O–H groups in total. The third-order valence-electron chi connectivity index (χ3n) is 6.21. The molecular weight excluding hydrogens is 472 g/mol. The maximum Gasteiger partial charge on any atom is 0.290 e. The Kier molecular flexibility index (Phi) is 7.95. The third-order valence-corrected chi connectivity index (χ3v) is 7.46. The van der Waals surface area contributed by atoms with Gasteiger partial charge in [-0.05, 0) is 65.7 Å². The predicted octanol–water partition coefficient (Wildman–Crippen LogP) is 5.69. The van der Waals surface area contributed by atoms with Crippen LogP contribution in [0.5, 0.6) is 5.75 Å². The summed E-state index contributed by atoms with van der Waals surface area (Å²) in [6.45, 7) is 5.57. The zero-order valence-corrected chi connectivity index (χ0v) is 21.0. The zero-order chi connectivity index (χ0) is 24.1. The molecule has 0 saturated heterocycles. The van der Waals surface area contributed by atoms with Crippen molar-refractivity contribution in [1.82, 2.24) is 9.80 Å². The number of halogens is 1. The van der Waals surface area contributed by atoms with Crippen molar-refractivity contribution in [3.05, 3.63) is 75.3 Å². The lowest BCUT2D eigenvalue weighted by atomic mass is 10.00. The summed E-state index contributed by atoms with van der Waals surface area (Å²) in [4.78, 5) is 31.4. The van der Waals surface area contributed by atoms with E-state index < -0.39 is 0 Å². The third kappa shape index (κ3) is 5.65. The average molecular weight is 501 g/mol. The van der Waals surface area contributed by atoms with E-state index in [1.807, 2.05) is 17.0 Å². The maximum absolute atomic E-state index is 13.6. The first kappa shape index (κ1) is 24.4. The highest BCUT2D eigenvalue weighted by Crippen LogP contribution is 2.34. The van der Waals surface area contributed by atoms with E-state index in [2.05, 4.69) is 25.3 Å². The Bertz CT molecular complexity index is 1100. The fourth-order valence-electron chi connectivity index (χ4n) is 4.12. The van der Waals surface area contributed by atoms with Crippen molar-refractivity contribution in [2.45, 2.75) is 32.7 Å². The largest absolute Gasteiger partial charge is 0.491 e. The smallest absolute Gasteiger partial charge is 0.290 e. The molecule has 3 aromatic rings. The van der Waals surface area contributed by atoms with E-state index in [1.165, 1.54) is 11.1 Å². The number of amides is 2. The van der Waals surface area contributed by atoms with Crippen molar-refractivity contribution in [2.75, 3.05) is 26.2 Å². The monoisotopic (exact) mass is 500 g/mol. The van der Waals surface area contributed by atoms with Gasteiger partial charge in [-0.2, -0.15) is 0 Å². The highest BCUT2D eigenvalue weighted by molar-refractivity contribution is 7.10. The van der Waals surface area contributed by atoms with Gasteiger partial charge in [-0.15, -0.1) is 11.3 Å². The Balaban J connectivity index is 1.52. The molecule has 0 bridgehead atoms. The molecule has 4 rings (SSSR count). The van der Waals surface area contributed by atoms with E-state index >= 15 is 0 Å². The number of rotatable bonds is 9. The zero-order valence-electron chi connectivity index (χ0n) is 19.4. The van der Waals surface area contributed by atoms with Crippen LogP contribution in [0, 0.1) is 5.92 Å². The number of thiophene rings is 1. The van der Waals surface area contributed by atoms with E-state index in [0.29, 0.717) is 30.5 Å². The summed E-state index contributed by atoms with van der Waals surface area (Å²) in [6.07, 6.45) is 3.19. The first-order chi connectivity index (χ1) is 16.5. The van der Waals surface area contributed by atoms with Crippen molar-refractivity contribution < 1.29 is 18.7 Å². The van der Waals surface area contributed by atoms with E-state index in [4.69, 9.17) is 20.8 Å². The molecule has 34 heavy (non-hydrogen) atoms. The molecule has 1 aliphatic rings. The standard InChI is InChI=1S/C26H29ClN2O4S/c1-3-18(2)15-28(26(31)23-5-4-13-32-23)16-25(30)29-12-10-24-21(11-14-34-24)22(29)17-33-20-8-6-19(27)7-9-20/h4-9,11,13-14,18,22H,3,10,12,15-17H2,1-2H3/t18-,22-/m1/s1. The minimum absolute atomic E-state index is 0.000782. The fourth-order valence-corrected chi connectivity index (χ4v) is 5.17. The summed E-state index contributed by atoms with van der Waals surface area (Å²) < 4.78 is 11.4. The van der Waals surface area contributed by atoms with Gasteiger partial charge < -0.3 is 19.0 Å². The number of carbonyl (C=O) groups is 2. The van der Waals surface area contributed by atoms with Gasteiger partial charge in [-0.3, -0.25) is 9.59 Å². The van der Waals surface area contributed by atoms with Crippen LogP contribution in [0.25, 0.3) is 0 Å². The van der Waals surface area contributed by atoms with Crippen molar-refractivity contribution in [3.8, 4) is 5.75 Å². The minimum atomic E-state index is -0.263. The highest BCUT2D eigenvalue weighted by atomic mass is 35.5. The summed E-state index contributed by atoms with van der Waals surface area (Å²) in [5.41, 5.74) is 1.12. The highest BCUT2D eigenvalue weighted by Gasteiger charge is 2.34. The summed E-state index contributed by atoms with van der Waals surface area (Å²) in [6, 6.07) is 12.4. The lowest BCUT2D eigenvalue weighted by molar-refractivity contribution is -0.135. The topological polar surface area (TPSA) is 63.0 Å². The quantitative estimate of drug-likeness (QED) is 0.378. The summed E-state index contributed by atoms with van der Waals surface area (Å²) in [7, 11) is 0. The molecule has 0 aliphatic carbocycles. The number of fused-ring (bicyclic) bond motifs is 1. The summed E-state index contributed by atoms with van der Waals surface area (Å²) >= 11 is 7.70. The fraction of sp³-hybridized carbons (Fsp3) is 0.385. The molecule has 0 saturated carbocycles. The van der Waals surface area contributed by atoms with E-state index in [9.17, 15) is 9.59 Å². The van der Waals surface area contributed by atoms with Crippen LogP contribution >= 0.6 is 22.9 Å². The van der Waals surface area contributed by atoms with Gasteiger partial charge in [0.25, 0.3) is 5.91 Å². The Hall–Kier alpha value is -2.77. The molecule has 2 aromatic heterocycles. The first-order valence-electron chi connectivity index (χ1n) is 11.5. The van der Waals surface area contributed by atoms with Gasteiger partial charge in [0.1, 0.15) is 18.9 Å². The summed E-state index contributed by atoms with van der Waals surface area (Å²) in [5.74, 6) is 0.856. The SMILES string of the molecule is CC[C@@H](C)CN(CC(=O)N1CCc2sccc2[C@H]1COc1ccc(Cl)cc1)C(=O)c1ccco1. The molecule has 8 heteroatoms. The average Bonchev–Trinajstić information content (AvgIpc) is 3.54. The second kappa shape index (κ2) is 11.1. The van der Waals surface area contributed by atoms with Gasteiger partial charge in [0.2, 0.25) is 5.91 Å². The van der Waals surface area contributed by atoms with Crippen LogP contribution in [0.3, 0.4) is 0 Å². The van der Waals surface area contributed by atoms with Crippen LogP contribution in [-0.4, -0.2) is 47.9 Å². The molecular formula is C26H29ClN2O4S. The van der Waals surface area contributed by atoms with Gasteiger partial charge in [-0.25, -0.2) is 0 Å². The molecule has 2 amide bonds. The van der Waals surface area contributed by atoms with Crippen molar-refractivity contribution >= 4 is 34.8 Å². The van der Waals surface area contributed by atoms with Crippen LogP contribution in [0.2, 0.25) is 5.02 Å². The number of hydrogen-bond acceptors (Lipinski definition) is 5. The van der Waals surface area contributed by atoms with Crippen molar-refractivity contribution in [3.63, 3.8) is 0 Å². The molecule has 6 nitrogen and oxygen atoms in total. The normalized spacial score (nSPS) is 16.1. The van der Waals surface area contributed by atoms with Crippen LogP contribution in [0.1, 0.15) is 47.3 Å². The maximum atomic E-state index is 13.6. The molecule has 0 spiro atoms. The molecule has 3 heterocycles. The molecule has 1 aromatic carbocycles. The minimum Gasteiger partial charge on any atom is -0.491 e. The lowest BCUT2D eigenvalue weighted by Gasteiger charge is -2.37. The molecule has 0 radical (unpaired) electrons. The van der Waals surface area contributed by atoms with E-state index in [-0.39, 0.29) is 36.1 Å². The van der Waals surface area contributed by atoms with Crippen LogP contribution in [0.4, 0.5) is 0 Å². The Morgan fingerprint density at radius 2 is 2.06 bits per heavy atom. The van der Waals surface area contributed by atoms with Crippen LogP contribution < -0.4 is 4.74 Å². The number of nitrogens with zero attached hydrogens (tertiary/aromatic N) is 2. The Morgan fingerprint density at radius 3 is 2.76 bits per heavy atom. The molecule has 0 fully saturated rings. The molecule has 180 valence electrons. The van der Waals surface area contributed by atoms with Crippen LogP contribution in [0.15, 0.2) is 58.5 Å². The number of carbonyl (C=O) groups excluding carboxylic acids is 2. The Labute approximate surface area is 209 Å². The van der Waals surface area contributed by atoms with Gasteiger partial charge >= 0.3 is 0 Å². The number of hydrogen-bond donors (Lipinski definition) is 0. The van der Waals surface area contributed by atoms with Crippen molar-refractivity contribution in [1.29, 1.82) is 0 Å². The van der Waals surface area contributed by atoms with Gasteiger partial charge in [0.15, 0.2) is 5.76 Å². The number of ether oxygens (including phenoxy) is 1. The number of benzene rings is 1. The van der Waals surface area contributed by atoms with Gasteiger partial charge in [0, 0.05) is 23.0 Å². The van der Waals surface area contributed by atoms with Gasteiger partial charge in [-0.1, -0.05) is 31.9 Å². The Morgan fingerprint density at radius 1 is 1.26 bits per heavy atom. The predicted molar refractivity (Wildman–Crippen MR) is 133 cm³/mol. The molecule has 0 unspecified atom stereocenters. The lowest BCUT2D eigenvalue weighted by Crippen LogP contribution is -2.48. The molecule has 1 aliphatic heterocycles. The molecule has 2 atom stereocenters. The van der Waals surface area contributed by atoms with E-state index in [1.54, 1.807) is 40.5 Å². The second-order valence-corrected chi connectivity index (χ2v) is 10.0. The second-order valence-electron chi connectivity index (χ2n) is 8.59. The van der Waals surface area contributed by atoms with Gasteiger partial charge in [0.05, 0.1) is 12.3 Å². The van der Waals surface area contributed by atoms with E-state index in [0.717, 1.165) is 18.4 Å².